The highest BCUT2D eigenvalue weighted by molar-refractivity contribution is 5.76. The van der Waals surface area contributed by atoms with Gasteiger partial charge in [-0.3, -0.25) is 9.55 Å². The van der Waals surface area contributed by atoms with Crippen LogP contribution in [0.5, 0.6) is 0 Å². The van der Waals surface area contributed by atoms with Crippen molar-refractivity contribution in [1.29, 1.82) is 0 Å². The van der Waals surface area contributed by atoms with Crippen LogP contribution in [0.3, 0.4) is 0 Å². The predicted molar refractivity (Wildman–Crippen MR) is 60.2 cm³/mol. The Bertz CT molecular complexity index is 533. The Morgan fingerprint density at radius 2 is 2.18 bits per heavy atom. The van der Waals surface area contributed by atoms with Gasteiger partial charge in [-0.05, 0) is 26.0 Å². The topological polar surface area (TPSA) is 80.9 Å². The molecule has 17 heavy (non-hydrogen) atoms. The highest BCUT2D eigenvalue weighted by Crippen LogP contribution is 2.22. The van der Waals surface area contributed by atoms with Gasteiger partial charge in [0.2, 0.25) is 0 Å². The number of nitrogens with zero attached hydrogens (tertiary/aromatic N) is 4. The van der Waals surface area contributed by atoms with Gasteiger partial charge in [0.05, 0.1) is 0 Å². The number of carboxylic acid groups (broad SMARTS) is 1. The van der Waals surface area contributed by atoms with Gasteiger partial charge in [0, 0.05) is 6.20 Å². The van der Waals surface area contributed by atoms with E-state index in [2.05, 4.69) is 15.2 Å². The molecular formula is C11H12N4O2. The lowest BCUT2D eigenvalue weighted by Gasteiger charge is -2.22. The second-order valence-corrected chi connectivity index (χ2v) is 4.10. The molecule has 0 saturated heterocycles. The number of carboxylic acids is 1. The van der Waals surface area contributed by atoms with Crippen LogP contribution in [0, 0.1) is 0 Å². The molecule has 0 aliphatic carbocycles. The Labute approximate surface area is 98.0 Å². The molecule has 0 amide bonds. The Hall–Kier alpha value is -2.24. The molecule has 6 nitrogen and oxygen atoms in total. The molecule has 1 N–H and O–H groups in total. The molecule has 0 aliphatic heterocycles. The number of aromatic nitrogens is 4. The Morgan fingerprint density at radius 3 is 2.76 bits per heavy atom. The van der Waals surface area contributed by atoms with E-state index in [4.69, 9.17) is 0 Å². The summed E-state index contributed by atoms with van der Waals surface area (Å²) in [5, 5.41) is 16.9. The van der Waals surface area contributed by atoms with Crippen LogP contribution < -0.4 is 0 Å². The molecule has 2 aromatic heterocycles. The van der Waals surface area contributed by atoms with Crippen molar-refractivity contribution in [2.75, 3.05) is 0 Å². The number of carbonyl (C=O) groups is 1. The molecule has 2 rings (SSSR count). The van der Waals surface area contributed by atoms with Crippen LogP contribution in [-0.4, -0.2) is 30.8 Å². The maximum absolute atomic E-state index is 11.2. The van der Waals surface area contributed by atoms with Crippen molar-refractivity contribution in [2.24, 2.45) is 0 Å². The van der Waals surface area contributed by atoms with Crippen molar-refractivity contribution in [1.82, 2.24) is 19.7 Å². The van der Waals surface area contributed by atoms with Crippen LogP contribution in [0.1, 0.15) is 13.8 Å². The van der Waals surface area contributed by atoms with E-state index < -0.39 is 11.5 Å². The molecule has 0 bridgehead atoms. The van der Waals surface area contributed by atoms with Crippen LogP contribution in [-0.2, 0) is 10.3 Å². The minimum absolute atomic E-state index is 0.443. The number of aliphatic carboxylic acids is 1. The minimum Gasteiger partial charge on any atom is -0.480 e. The van der Waals surface area contributed by atoms with Gasteiger partial charge in [0.1, 0.15) is 17.6 Å². The molecule has 88 valence electrons. The van der Waals surface area contributed by atoms with Crippen molar-refractivity contribution in [2.45, 2.75) is 19.4 Å². The van der Waals surface area contributed by atoms with Crippen molar-refractivity contribution in [3.05, 3.63) is 30.7 Å². The molecular weight excluding hydrogens is 220 g/mol. The lowest BCUT2D eigenvalue weighted by Crippen LogP contribution is -2.35. The number of hydrogen-bond acceptors (Lipinski definition) is 4. The normalized spacial score (nSPS) is 11.4. The first-order valence-corrected chi connectivity index (χ1v) is 5.09. The summed E-state index contributed by atoms with van der Waals surface area (Å²) in [7, 11) is 0. The second kappa shape index (κ2) is 3.97. The molecule has 0 aliphatic rings. The highest BCUT2D eigenvalue weighted by atomic mass is 16.4. The lowest BCUT2D eigenvalue weighted by molar-refractivity contribution is -0.145. The zero-order valence-corrected chi connectivity index (χ0v) is 9.53. The second-order valence-electron chi connectivity index (χ2n) is 4.10. The maximum Gasteiger partial charge on any atom is 0.329 e. The van der Waals surface area contributed by atoms with E-state index in [-0.39, 0.29) is 0 Å². The van der Waals surface area contributed by atoms with Gasteiger partial charge in [-0.25, -0.2) is 4.79 Å². The Balaban J connectivity index is 2.53. The zero-order valence-electron chi connectivity index (χ0n) is 9.53. The number of hydrogen-bond donors (Lipinski definition) is 1. The molecule has 0 atom stereocenters. The predicted octanol–water partition coefficient (Wildman–Crippen LogP) is 1.16. The first-order chi connectivity index (χ1) is 8.03. The van der Waals surface area contributed by atoms with Crippen LogP contribution in [0.4, 0.5) is 0 Å². The van der Waals surface area contributed by atoms with E-state index in [0.717, 1.165) is 0 Å². The number of pyridine rings is 1. The fourth-order valence-corrected chi connectivity index (χ4v) is 1.42. The van der Waals surface area contributed by atoms with Crippen molar-refractivity contribution in [3.63, 3.8) is 0 Å². The zero-order chi connectivity index (χ0) is 12.5. The molecule has 0 spiro atoms. The fraction of sp³-hybridized carbons (Fsp3) is 0.273. The summed E-state index contributed by atoms with van der Waals surface area (Å²) in [6.45, 7) is 3.18. The summed E-state index contributed by atoms with van der Waals surface area (Å²) in [4.78, 5) is 15.3. The first-order valence-electron chi connectivity index (χ1n) is 5.09. The Kier molecular flexibility index (Phi) is 2.63. The molecule has 0 unspecified atom stereocenters. The van der Waals surface area contributed by atoms with E-state index in [1.807, 2.05) is 6.07 Å². The maximum atomic E-state index is 11.2. The summed E-state index contributed by atoms with van der Waals surface area (Å²) in [5.41, 5.74) is -0.518. The van der Waals surface area contributed by atoms with Gasteiger partial charge in [-0.1, -0.05) is 6.07 Å². The monoisotopic (exact) mass is 232 g/mol. The number of rotatable bonds is 3. The highest BCUT2D eigenvalue weighted by Gasteiger charge is 2.32. The van der Waals surface area contributed by atoms with Crippen LogP contribution in [0.15, 0.2) is 30.7 Å². The molecule has 6 heteroatoms. The molecule has 0 fully saturated rings. The summed E-state index contributed by atoms with van der Waals surface area (Å²) in [6, 6.07) is 5.36. The van der Waals surface area contributed by atoms with Crippen molar-refractivity contribution in [3.8, 4) is 11.5 Å². The third kappa shape index (κ3) is 1.89. The van der Waals surface area contributed by atoms with Crippen molar-refractivity contribution < 1.29 is 9.90 Å². The smallest absolute Gasteiger partial charge is 0.329 e. The third-order valence-corrected chi connectivity index (χ3v) is 2.57. The van der Waals surface area contributed by atoms with Gasteiger partial charge in [-0.2, -0.15) is 0 Å². The van der Waals surface area contributed by atoms with Crippen LogP contribution >= 0.6 is 0 Å². The van der Waals surface area contributed by atoms with Crippen LogP contribution in [0.2, 0.25) is 0 Å². The largest absolute Gasteiger partial charge is 0.480 e. The molecule has 0 aromatic carbocycles. The van der Waals surface area contributed by atoms with Gasteiger partial charge >= 0.3 is 5.97 Å². The summed E-state index contributed by atoms with van der Waals surface area (Å²) < 4.78 is 1.50. The summed E-state index contributed by atoms with van der Waals surface area (Å²) in [5.74, 6) is -0.507. The van der Waals surface area contributed by atoms with Gasteiger partial charge in [0.15, 0.2) is 5.82 Å². The third-order valence-electron chi connectivity index (χ3n) is 2.57. The van der Waals surface area contributed by atoms with E-state index >= 15 is 0 Å². The minimum atomic E-state index is -1.11. The molecule has 2 heterocycles. The van der Waals surface area contributed by atoms with E-state index in [1.165, 1.54) is 10.9 Å². The van der Waals surface area contributed by atoms with Crippen LogP contribution in [0.25, 0.3) is 11.5 Å². The van der Waals surface area contributed by atoms with E-state index in [0.29, 0.717) is 11.5 Å². The van der Waals surface area contributed by atoms with E-state index in [9.17, 15) is 9.90 Å². The standard InChI is InChI=1S/C11H12N4O2/c1-11(2,10(16)17)15-7-13-14-9(15)8-5-3-4-6-12-8/h3-7H,1-2H3,(H,16,17). The quantitative estimate of drug-likeness (QED) is 0.858. The lowest BCUT2D eigenvalue weighted by atomic mass is 10.1. The molecule has 2 aromatic rings. The molecule has 0 radical (unpaired) electrons. The van der Waals surface area contributed by atoms with Crippen molar-refractivity contribution >= 4 is 5.97 Å². The average molecular weight is 232 g/mol. The molecule has 0 saturated carbocycles. The SMILES string of the molecule is CC(C)(C(=O)O)n1cnnc1-c1ccccn1. The fourth-order valence-electron chi connectivity index (χ4n) is 1.42. The first kappa shape index (κ1) is 11.3. The van der Waals surface area contributed by atoms with Gasteiger partial charge in [0.25, 0.3) is 0 Å². The van der Waals surface area contributed by atoms with Gasteiger partial charge in [-0.15, -0.1) is 10.2 Å². The summed E-state index contributed by atoms with van der Waals surface area (Å²) in [6.07, 6.45) is 3.03. The van der Waals surface area contributed by atoms with Gasteiger partial charge < -0.3 is 5.11 Å². The van der Waals surface area contributed by atoms with E-state index in [1.54, 1.807) is 32.2 Å². The Morgan fingerprint density at radius 1 is 1.41 bits per heavy atom. The average Bonchev–Trinajstić information content (AvgIpc) is 2.79. The summed E-state index contributed by atoms with van der Waals surface area (Å²) >= 11 is 0.